The second-order valence-electron chi connectivity index (χ2n) is 4.04. The quantitative estimate of drug-likeness (QED) is 0.637. The van der Waals surface area contributed by atoms with Crippen LogP contribution in [0.3, 0.4) is 0 Å². The number of hydrogen-bond donors (Lipinski definition) is 0. The maximum atomic E-state index is 12.8. The molecule has 2 aromatic carbocycles. The second-order valence-corrected chi connectivity index (χ2v) is 5.36. The predicted octanol–water partition coefficient (Wildman–Crippen LogP) is 5.73. The van der Waals surface area contributed by atoms with Gasteiger partial charge in [0.15, 0.2) is 6.29 Å². The molecule has 0 fully saturated rings. The summed E-state index contributed by atoms with van der Waals surface area (Å²) in [6.45, 7) is 0. The topological polar surface area (TPSA) is 26.3 Å². The summed E-state index contributed by atoms with van der Waals surface area (Å²) in [5, 5.41) is 0.248. The average molecular weight is 380 g/mol. The Morgan fingerprint density at radius 3 is 2.43 bits per heavy atom. The van der Waals surface area contributed by atoms with E-state index in [1.54, 1.807) is 12.1 Å². The first kappa shape index (κ1) is 15.9. The number of rotatable bonds is 3. The standard InChI is InChI=1S/C14H7BrClF3O2/c15-9-2-4-13(12(16)5-9)21-10-3-1-8(7-20)11(6-10)14(17,18)19/h1-7H. The second kappa shape index (κ2) is 6.07. The molecule has 0 N–H and O–H groups in total. The third-order valence-corrected chi connectivity index (χ3v) is 3.37. The molecule has 110 valence electrons. The molecule has 7 heteroatoms. The van der Waals surface area contributed by atoms with Gasteiger partial charge in [0.1, 0.15) is 11.5 Å². The number of hydrogen-bond acceptors (Lipinski definition) is 2. The highest BCUT2D eigenvalue weighted by atomic mass is 79.9. The zero-order valence-electron chi connectivity index (χ0n) is 10.2. The third-order valence-electron chi connectivity index (χ3n) is 2.58. The monoisotopic (exact) mass is 378 g/mol. The number of benzene rings is 2. The average Bonchev–Trinajstić information content (AvgIpc) is 2.41. The molecule has 21 heavy (non-hydrogen) atoms. The number of carbonyl (C=O) groups is 1. The van der Waals surface area contributed by atoms with Gasteiger partial charge in [-0.3, -0.25) is 4.79 Å². The fraction of sp³-hybridized carbons (Fsp3) is 0.0714. The fourth-order valence-electron chi connectivity index (χ4n) is 1.63. The van der Waals surface area contributed by atoms with Gasteiger partial charge in [0.25, 0.3) is 0 Å². The first-order chi connectivity index (χ1) is 9.81. The van der Waals surface area contributed by atoms with Gasteiger partial charge < -0.3 is 4.74 Å². The molecule has 0 aromatic heterocycles. The highest BCUT2D eigenvalue weighted by molar-refractivity contribution is 9.10. The minimum Gasteiger partial charge on any atom is -0.456 e. The van der Waals surface area contributed by atoms with E-state index in [0.717, 1.165) is 12.1 Å². The summed E-state index contributed by atoms with van der Waals surface area (Å²) in [7, 11) is 0. The van der Waals surface area contributed by atoms with Crippen LogP contribution in [-0.2, 0) is 6.18 Å². The molecule has 0 bridgehead atoms. The minimum atomic E-state index is -4.64. The molecule has 2 aromatic rings. The van der Waals surface area contributed by atoms with Crippen molar-refractivity contribution in [2.75, 3.05) is 0 Å². The Morgan fingerprint density at radius 1 is 1.14 bits per heavy atom. The summed E-state index contributed by atoms with van der Waals surface area (Å²) in [6.07, 6.45) is -4.49. The van der Waals surface area contributed by atoms with E-state index in [1.165, 1.54) is 12.1 Å². The third kappa shape index (κ3) is 3.77. The normalized spacial score (nSPS) is 11.3. The van der Waals surface area contributed by atoms with Crippen LogP contribution >= 0.6 is 27.5 Å². The van der Waals surface area contributed by atoms with Crippen molar-refractivity contribution in [1.29, 1.82) is 0 Å². The Balaban J connectivity index is 2.39. The van der Waals surface area contributed by atoms with E-state index in [2.05, 4.69) is 15.9 Å². The van der Waals surface area contributed by atoms with Crippen LogP contribution in [-0.4, -0.2) is 6.29 Å². The summed E-state index contributed by atoms with van der Waals surface area (Å²) in [5.74, 6) is 0.156. The molecule has 0 unspecified atom stereocenters. The minimum absolute atomic E-state index is 0.0582. The largest absolute Gasteiger partial charge is 0.456 e. The number of alkyl halides is 3. The molecule has 0 saturated heterocycles. The highest BCUT2D eigenvalue weighted by Crippen LogP contribution is 2.36. The lowest BCUT2D eigenvalue weighted by molar-refractivity contribution is -0.137. The lowest BCUT2D eigenvalue weighted by Crippen LogP contribution is -2.09. The molecule has 0 aliphatic heterocycles. The molecule has 2 rings (SSSR count). The zero-order chi connectivity index (χ0) is 15.6. The fourth-order valence-corrected chi connectivity index (χ4v) is 2.34. The first-order valence-electron chi connectivity index (χ1n) is 5.60. The van der Waals surface area contributed by atoms with E-state index in [1.807, 2.05) is 0 Å². The van der Waals surface area contributed by atoms with Gasteiger partial charge in [-0.25, -0.2) is 0 Å². The van der Waals surface area contributed by atoms with Crippen LogP contribution in [0.2, 0.25) is 5.02 Å². The molecular weight excluding hydrogens is 373 g/mol. The van der Waals surface area contributed by atoms with Crippen LogP contribution in [0.5, 0.6) is 11.5 Å². The van der Waals surface area contributed by atoms with Crippen LogP contribution in [0.15, 0.2) is 40.9 Å². The number of carbonyl (C=O) groups excluding carboxylic acids is 1. The number of aldehydes is 1. The van der Waals surface area contributed by atoms with Crippen molar-refractivity contribution in [1.82, 2.24) is 0 Å². The summed E-state index contributed by atoms with van der Waals surface area (Å²) in [4.78, 5) is 10.7. The Hall–Kier alpha value is -1.53. The molecule has 0 aliphatic rings. The summed E-state index contributed by atoms with van der Waals surface area (Å²) < 4.78 is 44.6. The molecule has 0 atom stereocenters. The lowest BCUT2D eigenvalue weighted by Gasteiger charge is -2.13. The summed E-state index contributed by atoms with van der Waals surface area (Å²) in [6, 6.07) is 7.82. The van der Waals surface area contributed by atoms with Crippen molar-refractivity contribution < 1.29 is 22.7 Å². The van der Waals surface area contributed by atoms with E-state index < -0.39 is 17.3 Å². The lowest BCUT2D eigenvalue weighted by atomic mass is 10.1. The molecule has 0 aliphatic carbocycles. The Labute approximate surface area is 131 Å². The van der Waals surface area contributed by atoms with Gasteiger partial charge in [0.05, 0.1) is 10.6 Å². The first-order valence-corrected chi connectivity index (χ1v) is 6.77. The van der Waals surface area contributed by atoms with Gasteiger partial charge in [-0.05, 0) is 36.4 Å². The predicted molar refractivity (Wildman–Crippen MR) is 76.1 cm³/mol. The van der Waals surface area contributed by atoms with Crippen molar-refractivity contribution in [3.63, 3.8) is 0 Å². The molecule has 0 saturated carbocycles. The Morgan fingerprint density at radius 2 is 1.86 bits per heavy atom. The van der Waals surface area contributed by atoms with E-state index in [-0.39, 0.29) is 22.8 Å². The van der Waals surface area contributed by atoms with Gasteiger partial charge in [-0.2, -0.15) is 13.2 Å². The summed E-state index contributed by atoms with van der Waals surface area (Å²) >= 11 is 9.14. The smallest absolute Gasteiger partial charge is 0.417 e. The molecule has 2 nitrogen and oxygen atoms in total. The highest BCUT2D eigenvalue weighted by Gasteiger charge is 2.33. The van der Waals surface area contributed by atoms with Crippen LogP contribution in [0.25, 0.3) is 0 Å². The van der Waals surface area contributed by atoms with E-state index in [9.17, 15) is 18.0 Å². The number of ether oxygens (including phenoxy) is 1. The van der Waals surface area contributed by atoms with Gasteiger partial charge in [-0.15, -0.1) is 0 Å². The van der Waals surface area contributed by atoms with Crippen molar-refractivity contribution in [3.05, 3.63) is 57.0 Å². The number of halogens is 5. The van der Waals surface area contributed by atoms with Crippen molar-refractivity contribution >= 4 is 33.8 Å². The van der Waals surface area contributed by atoms with E-state index in [4.69, 9.17) is 16.3 Å². The van der Waals surface area contributed by atoms with Crippen LogP contribution in [0, 0.1) is 0 Å². The Kier molecular flexibility index (Phi) is 4.58. The molecule has 0 spiro atoms. The molecule has 0 amide bonds. The zero-order valence-corrected chi connectivity index (χ0v) is 12.6. The van der Waals surface area contributed by atoms with Crippen LogP contribution < -0.4 is 4.74 Å². The van der Waals surface area contributed by atoms with Gasteiger partial charge >= 0.3 is 6.18 Å². The molecule has 0 radical (unpaired) electrons. The maximum absolute atomic E-state index is 12.8. The maximum Gasteiger partial charge on any atom is 0.417 e. The molecular formula is C14H7BrClF3O2. The summed E-state index contributed by atoms with van der Waals surface area (Å²) in [5.41, 5.74) is -1.50. The van der Waals surface area contributed by atoms with Gasteiger partial charge in [0.2, 0.25) is 0 Å². The molecule has 0 heterocycles. The van der Waals surface area contributed by atoms with Crippen molar-refractivity contribution in [2.45, 2.75) is 6.18 Å². The van der Waals surface area contributed by atoms with Crippen LogP contribution in [0.4, 0.5) is 13.2 Å². The Bertz CT molecular complexity index is 686. The van der Waals surface area contributed by atoms with E-state index >= 15 is 0 Å². The van der Waals surface area contributed by atoms with E-state index in [0.29, 0.717) is 4.47 Å². The van der Waals surface area contributed by atoms with Crippen LogP contribution in [0.1, 0.15) is 15.9 Å². The van der Waals surface area contributed by atoms with Gasteiger partial charge in [-0.1, -0.05) is 27.5 Å². The SMILES string of the molecule is O=Cc1ccc(Oc2ccc(Br)cc2Cl)cc1C(F)(F)F. The van der Waals surface area contributed by atoms with Crippen molar-refractivity contribution in [3.8, 4) is 11.5 Å². The van der Waals surface area contributed by atoms with Crippen molar-refractivity contribution in [2.24, 2.45) is 0 Å². The van der Waals surface area contributed by atoms with Gasteiger partial charge in [0, 0.05) is 10.0 Å².